The van der Waals surface area contributed by atoms with Crippen molar-refractivity contribution >= 4 is 34.5 Å². The van der Waals surface area contributed by atoms with Crippen LogP contribution in [0.2, 0.25) is 0 Å². The number of hydrogen-bond donors (Lipinski definition) is 3. The summed E-state index contributed by atoms with van der Waals surface area (Å²) in [5, 5.41) is 22.2. The molecule has 2 aromatic rings. The monoisotopic (exact) mass is 529 g/mol. The van der Waals surface area contributed by atoms with Crippen LogP contribution < -0.4 is 5.32 Å². The van der Waals surface area contributed by atoms with Gasteiger partial charge < -0.3 is 15.3 Å². The van der Waals surface area contributed by atoms with Crippen molar-refractivity contribution in [3.05, 3.63) is 63.2 Å². The van der Waals surface area contributed by atoms with Crippen LogP contribution in [-0.4, -0.2) is 41.1 Å². The molecule has 0 aliphatic carbocycles. The lowest BCUT2D eigenvalue weighted by atomic mass is 9.78. The summed E-state index contributed by atoms with van der Waals surface area (Å²) in [7, 11) is 1.58. The lowest BCUT2D eigenvalue weighted by molar-refractivity contribution is 0.0954. The van der Waals surface area contributed by atoms with Gasteiger partial charge in [-0.2, -0.15) is 0 Å². The van der Waals surface area contributed by atoms with Gasteiger partial charge in [0.1, 0.15) is 11.6 Å². The fourth-order valence-corrected chi connectivity index (χ4v) is 4.29. The molecule has 0 saturated carbocycles. The van der Waals surface area contributed by atoms with E-state index in [-0.39, 0.29) is 57.6 Å². The third-order valence-corrected chi connectivity index (χ3v) is 6.24. The van der Waals surface area contributed by atoms with Crippen LogP contribution in [0.5, 0.6) is 5.75 Å². The van der Waals surface area contributed by atoms with Gasteiger partial charge in [-0.25, -0.2) is 0 Å². The van der Waals surface area contributed by atoms with Crippen molar-refractivity contribution in [1.29, 1.82) is 5.41 Å². The largest absolute Gasteiger partial charge is 0.507 e. The van der Waals surface area contributed by atoms with Crippen LogP contribution in [0, 0.1) is 12.3 Å². The molecule has 0 radical (unpaired) electrons. The van der Waals surface area contributed by atoms with E-state index in [0.29, 0.717) is 23.2 Å². The molecule has 0 spiro atoms. The molecule has 3 rings (SSSR count). The fraction of sp³-hybridized carbons (Fsp3) is 0.444. The Morgan fingerprint density at radius 3 is 2.03 bits per heavy atom. The molecule has 3 N–H and O–H groups in total. The number of nitrogens with one attached hydrogen (secondary N) is 2. The molecule has 1 heterocycles. The minimum Gasteiger partial charge on any atom is -0.507 e. The molecule has 1 amide bonds. The smallest absolute Gasteiger partial charge is 0.251 e. The maximum atomic E-state index is 13.4. The van der Waals surface area contributed by atoms with Gasteiger partial charge in [0.25, 0.3) is 5.91 Å². The van der Waals surface area contributed by atoms with Gasteiger partial charge in [-0.1, -0.05) is 47.6 Å². The first kappa shape index (κ1) is 27.6. The van der Waals surface area contributed by atoms with E-state index < -0.39 is 0 Å². The number of halogens is 1. The van der Waals surface area contributed by atoms with E-state index in [1.807, 2.05) is 54.5 Å². The van der Waals surface area contributed by atoms with Crippen molar-refractivity contribution in [3.63, 3.8) is 0 Å². The molecule has 0 fully saturated rings. The number of Topliss-reactive ketones (excluding diaryl/α,β-unsaturated/α-hetero) is 1. The average molecular weight is 531 g/mol. The minimum absolute atomic E-state index is 0. The molecule has 0 unspecified atom stereocenters. The molecular formula is C27H36BrN3O3. The van der Waals surface area contributed by atoms with Crippen molar-refractivity contribution in [3.8, 4) is 5.75 Å². The number of amides is 1. The van der Waals surface area contributed by atoms with Crippen LogP contribution in [0.25, 0.3) is 0 Å². The number of aromatic hydroxyl groups is 1. The summed E-state index contributed by atoms with van der Waals surface area (Å²) in [4.78, 5) is 27.3. The predicted octanol–water partition coefficient (Wildman–Crippen LogP) is 5.26. The van der Waals surface area contributed by atoms with E-state index in [1.165, 1.54) is 0 Å². The van der Waals surface area contributed by atoms with Gasteiger partial charge in [0.2, 0.25) is 0 Å². The second-order valence-corrected chi connectivity index (χ2v) is 11.0. The first-order valence-corrected chi connectivity index (χ1v) is 11.3. The Morgan fingerprint density at radius 1 is 1.03 bits per heavy atom. The predicted molar refractivity (Wildman–Crippen MR) is 142 cm³/mol. The molecule has 0 aromatic heterocycles. The molecule has 7 heteroatoms. The van der Waals surface area contributed by atoms with E-state index in [0.717, 1.165) is 22.3 Å². The van der Waals surface area contributed by atoms with Crippen molar-refractivity contribution in [2.24, 2.45) is 0 Å². The Balaban J connectivity index is 0.00000408. The quantitative estimate of drug-likeness (QED) is 0.471. The number of nitrogens with zero attached hydrogens (tertiary/aromatic N) is 1. The summed E-state index contributed by atoms with van der Waals surface area (Å²) in [5.74, 6) is 0.192. The summed E-state index contributed by atoms with van der Waals surface area (Å²) in [6.45, 7) is 14.5. The molecule has 1 aliphatic heterocycles. The highest BCUT2D eigenvalue weighted by molar-refractivity contribution is 8.93. The highest BCUT2D eigenvalue weighted by Gasteiger charge is 2.31. The number of phenolic OH excluding ortho intramolecular Hbond substituents is 1. The standard InChI is InChI=1S/C27H35N3O3.BrH/c1-15-9-17-13-30(24(28)19(17)12-18(15)25(33)29-8)14-22(31)16-10-20(26(2,3)4)23(32)21(11-16)27(5,6)7;/h9-12,28,32H,13-14H2,1-8H3,(H,29,33);1H. The normalized spacial score (nSPS) is 13.4. The van der Waals surface area contributed by atoms with Gasteiger partial charge in [-0.05, 0) is 47.1 Å². The van der Waals surface area contributed by atoms with Crippen LogP contribution in [0.15, 0.2) is 24.3 Å². The maximum absolute atomic E-state index is 13.4. The molecule has 0 bridgehead atoms. The number of hydrogen-bond acceptors (Lipinski definition) is 4. The molecule has 2 aromatic carbocycles. The van der Waals surface area contributed by atoms with E-state index >= 15 is 0 Å². The number of aryl methyl sites for hydroxylation is 1. The molecule has 184 valence electrons. The fourth-order valence-electron chi connectivity index (χ4n) is 4.29. The number of amidine groups is 1. The molecule has 0 atom stereocenters. The maximum Gasteiger partial charge on any atom is 0.251 e. The molecular weight excluding hydrogens is 494 g/mol. The van der Waals surface area contributed by atoms with E-state index in [9.17, 15) is 14.7 Å². The second-order valence-electron chi connectivity index (χ2n) is 11.0. The number of fused-ring (bicyclic) bond motifs is 1. The van der Waals surface area contributed by atoms with Crippen LogP contribution in [0.3, 0.4) is 0 Å². The number of phenols is 1. The Hall–Kier alpha value is -2.67. The Morgan fingerprint density at radius 2 is 1.56 bits per heavy atom. The van der Waals surface area contributed by atoms with Gasteiger partial charge >= 0.3 is 0 Å². The van der Waals surface area contributed by atoms with Gasteiger partial charge in [-0.15, -0.1) is 17.0 Å². The number of carbonyl (C=O) groups excluding carboxylic acids is 2. The summed E-state index contributed by atoms with van der Waals surface area (Å²) in [6.07, 6.45) is 0. The molecule has 1 aliphatic rings. The first-order valence-electron chi connectivity index (χ1n) is 11.3. The molecule has 0 saturated heterocycles. The van der Waals surface area contributed by atoms with Gasteiger partial charge in [-0.3, -0.25) is 15.0 Å². The van der Waals surface area contributed by atoms with Crippen LogP contribution in [-0.2, 0) is 17.4 Å². The summed E-state index contributed by atoms with van der Waals surface area (Å²) < 4.78 is 0. The topological polar surface area (TPSA) is 93.5 Å². The van der Waals surface area contributed by atoms with Crippen molar-refractivity contribution < 1.29 is 14.7 Å². The van der Waals surface area contributed by atoms with Crippen molar-refractivity contribution in [2.75, 3.05) is 13.6 Å². The third kappa shape index (κ3) is 5.19. The van der Waals surface area contributed by atoms with Crippen LogP contribution >= 0.6 is 17.0 Å². The lowest BCUT2D eigenvalue weighted by Gasteiger charge is -2.28. The molecule has 6 nitrogen and oxygen atoms in total. The summed E-state index contributed by atoms with van der Waals surface area (Å²) in [5.41, 5.74) is 4.36. The summed E-state index contributed by atoms with van der Waals surface area (Å²) in [6, 6.07) is 7.24. The number of carbonyl (C=O) groups is 2. The Bertz CT molecular complexity index is 1120. The number of ketones is 1. The van der Waals surface area contributed by atoms with Crippen molar-refractivity contribution in [1.82, 2.24) is 10.2 Å². The van der Waals surface area contributed by atoms with Gasteiger partial charge in [0.15, 0.2) is 5.78 Å². The highest BCUT2D eigenvalue weighted by Crippen LogP contribution is 2.40. The zero-order valence-corrected chi connectivity index (χ0v) is 23.1. The van der Waals surface area contributed by atoms with E-state index in [2.05, 4.69) is 5.32 Å². The Kier molecular flexibility index (Phi) is 7.73. The lowest BCUT2D eigenvalue weighted by Crippen LogP contribution is -2.31. The van der Waals surface area contributed by atoms with Crippen molar-refractivity contribution in [2.45, 2.75) is 65.8 Å². The minimum atomic E-state index is -0.329. The Labute approximate surface area is 213 Å². The molecule has 34 heavy (non-hydrogen) atoms. The van der Waals surface area contributed by atoms with E-state index in [4.69, 9.17) is 5.41 Å². The third-order valence-electron chi connectivity index (χ3n) is 6.24. The SMILES string of the molecule is Br.CNC(=O)c1cc2c(cc1C)CN(CC(=O)c1cc(C(C)(C)C)c(O)c(C(C)(C)C)c1)C2=N. The van der Waals surface area contributed by atoms with Crippen LogP contribution in [0.4, 0.5) is 0 Å². The highest BCUT2D eigenvalue weighted by atomic mass is 79.9. The zero-order valence-electron chi connectivity index (χ0n) is 21.3. The zero-order chi connectivity index (χ0) is 24.9. The number of rotatable bonds is 4. The van der Waals surface area contributed by atoms with Gasteiger partial charge in [0, 0.05) is 41.4 Å². The number of benzene rings is 2. The average Bonchev–Trinajstić information content (AvgIpc) is 2.99. The first-order chi connectivity index (χ1) is 15.1. The summed E-state index contributed by atoms with van der Waals surface area (Å²) >= 11 is 0. The van der Waals surface area contributed by atoms with Gasteiger partial charge in [0.05, 0.1) is 6.54 Å². The van der Waals surface area contributed by atoms with Crippen LogP contribution in [0.1, 0.15) is 90.1 Å². The van der Waals surface area contributed by atoms with E-state index in [1.54, 1.807) is 30.1 Å². The second kappa shape index (κ2) is 9.53.